The summed E-state index contributed by atoms with van der Waals surface area (Å²) in [5, 5.41) is 13.9. The lowest BCUT2D eigenvalue weighted by Gasteiger charge is -1.97. The first-order chi connectivity index (χ1) is 8.81. The average Bonchev–Trinajstić information content (AvgIpc) is 2.98. The van der Waals surface area contributed by atoms with Crippen LogP contribution in [0.25, 0.3) is 11.5 Å². The molecule has 0 fully saturated rings. The molecule has 0 aliphatic heterocycles. The molecule has 0 aliphatic carbocycles. The van der Waals surface area contributed by atoms with Gasteiger partial charge in [-0.25, -0.2) is 0 Å². The molecule has 0 radical (unpaired) electrons. The first kappa shape index (κ1) is 10.5. The molecule has 0 spiro atoms. The average molecular weight is 242 g/mol. The molecule has 0 saturated carbocycles. The molecule has 3 aromatic rings. The fourth-order valence-electron chi connectivity index (χ4n) is 1.62. The Morgan fingerprint density at radius 2 is 2.28 bits per heavy atom. The summed E-state index contributed by atoms with van der Waals surface area (Å²) in [7, 11) is 0. The lowest BCUT2D eigenvalue weighted by molar-refractivity contribution is 0.385. The molecular formula is C11H10N6O. The van der Waals surface area contributed by atoms with Gasteiger partial charge in [-0.2, -0.15) is 20.4 Å². The van der Waals surface area contributed by atoms with Crippen LogP contribution in [0.5, 0.6) is 0 Å². The molecule has 3 rings (SSSR count). The number of nitrogen functional groups attached to an aromatic ring is 1. The molecule has 0 aliphatic rings. The summed E-state index contributed by atoms with van der Waals surface area (Å²) in [5.41, 5.74) is 7.99. The number of nitrogens with two attached hydrogens (primary N) is 1. The monoisotopic (exact) mass is 242 g/mol. The molecule has 90 valence electrons. The van der Waals surface area contributed by atoms with E-state index in [1.165, 1.54) is 6.20 Å². The molecule has 0 bridgehead atoms. The van der Waals surface area contributed by atoms with E-state index >= 15 is 0 Å². The van der Waals surface area contributed by atoms with E-state index in [1.807, 2.05) is 24.3 Å². The van der Waals surface area contributed by atoms with Gasteiger partial charge in [-0.3, -0.25) is 0 Å². The van der Waals surface area contributed by atoms with Gasteiger partial charge in [-0.15, -0.1) is 0 Å². The molecule has 3 N–H and O–H groups in total. The predicted molar refractivity (Wildman–Crippen MR) is 63.3 cm³/mol. The van der Waals surface area contributed by atoms with Crippen LogP contribution in [-0.2, 0) is 6.42 Å². The molecule has 18 heavy (non-hydrogen) atoms. The standard InChI is InChI=1S/C11H10N6O/c12-8-3-1-2-7(4-8)5-10-14-11(16-18-10)9-6-13-17-15-9/h1-4,6H,5,12H2,(H,13,15,17). The van der Waals surface area contributed by atoms with Crippen LogP contribution in [0, 0.1) is 0 Å². The molecule has 2 aromatic heterocycles. The smallest absolute Gasteiger partial charge is 0.231 e. The Balaban J connectivity index is 1.82. The Bertz CT molecular complexity index is 645. The van der Waals surface area contributed by atoms with Gasteiger partial charge in [0.25, 0.3) is 0 Å². The van der Waals surface area contributed by atoms with E-state index in [0.717, 1.165) is 5.56 Å². The Labute approximate surface area is 102 Å². The fraction of sp³-hybridized carbons (Fsp3) is 0.0909. The minimum atomic E-state index is 0.419. The quantitative estimate of drug-likeness (QED) is 0.664. The largest absolute Gasteiger partial charge is 0.399 e. The maximum atomic E-state index is 5.71. The first-order valence-electron chi connectivity index (χ1n) is 5.34. The van der Waals surface area contributed by atoms with Crippen molar-refractivity contribution < 1.29 is 4.52 Å². The number of anilines is 1. The summed E-state index contributed by atoms with van der Waals surface area (Å²) in [6, 6.07) is 7.55. The fourth-order valence-corrected chi connectivity index (χ4v) is 1.62. The summed E-state index contributed by atoms with van der Waals surface area (Å²) in [4.78, 5) is 4.24. The Morgan fingerprint density at radius 1 is 1.33 bits per heavy atom. The van der Waals surface area contributed by atoms with Crippen LogP contribution in [0.3, 0.4) is 0 Å². The van der Waals surface area contributed by atoms with Gasteiger partial charge in [0.15, 0.2) is 5.69 Å². The number of nitrogens with zero attached hydrogens (tertiary/aromatic N) is 4. The van der Waals surface area contributed by atoms with Crippen molar-refractivity contribution in [3.8, 4) is 11.5 Å². The topological polar surface area (TPSA) is 107 Å². The zero-order valence-electron chi connectivity index (χ0n) is 9.37. The SMILES string of the molecule is Nc1cccc(Cc2nc(-c3cn[nH]n3)no2)c1. The van der Waals surface area contributed by atoms with Crippen molar-refractivity contribution in [2.45, 2.75) is 6.42 Å². The second kappa shape index (κ2) is 4.28. The normalized spacial score (nSPS) is 10.7. The summed E-state index contributed by atoms with van der Waals surface area (Å²) in [5.74, 6) is 0.932. The zero-order valence-corrected chi connectivity index (χ0v) is 9.37. The Kier molecular flexibility index (Phi) is 2.49. The van der Waals surface area contributed by atoms with Crippen LogP contribution in [0.15, 0.2) is 35.0 Å². The number of H-pyrrole nitrogens is 1. The van der Waals surface area contributed by atoms with Gasteiger partial charge >= 0.3 is 0 Å². The number of aromatic nitrogens is 5. The van der Waals surface area contributed by atoms with Gasteiger partial charge in [0.1, 0.15) is 0 Å². The van der Waals surface area contributed by atoms with Gasteiger partial charge in [-0.1, -0.05) is 17.3 Å². The summed E-state index contributed by atoms with van der Waals surface area (Å²) in [6.45, 7) is 0. The molecule has 1 aromatic carbocycles. The number of hydrogen-bond donors (Lipinski definition) is 2. The maximum Gasteiger partial charge on any atom is 0.231 e. The van der Waals surface area contributed by atoms with Crippen LogP contribution in [0.1, 0.15) is 11.5 Å². The van der Waals surface area contributed by atoms with Crippen molar-refractivity contribution >= 4 is 5.69 Å². The number of rotatable bonds is 3. The third-order valence-electron chi connectivity index (χ3n) is 2.42. The maximum absolute atomic E-state index is 5.71. The van der Waals surface area contributed by atoms with Crippen LogP contribution in [0.4, 0.5) is 5.69 Å². The lowest BCUT2D eigenvalue weighted by atomic mass is 10.1. The van der Waals surface area contributed by atoms with E-state index in [0.29, 0.717) is 29.5 Å². The van der Waals surface area contributed by atoms with Crippen LogP contribution < -0.4 is 5.73 Å². The second-order valence-corrected chi connectivity index (χ2v) is 3.79. The Hall–Kier alpha value is -2.70. The van der Waals surface area contributed by atoms with Crippen molar-refractivity contribution in [1.82, 2.24) is 25.6 Å². The minimum Gasteiger partial charge on any atom is -0.399 e. The van der Waals surface area contributed by atoms with Crippen molar-refractivity contribution in [3.05, 3.63) is 41.9 Å². The summed E-state index contributed by atoms with van der Waals surface area (Å²) in [6.07, 6.45) is 2.07. The van der Waals surface area contributed by atoms with E-state index in [2.05, 4.69) is 25.6 Å². The van der Waals surface area contributed by atoms with Crippen LogP contribution >= 0.6 is 0 Å². The highest BCUT2D eigenvalue weighted by atomic mass is 16.5. The first-order valence-corrected chi connectivity index (χ1v) is 5.34. The molecule has 0 amide bonds. The van der Waals surface area contributed by atoms with Crippen molar-refractivity contribution in [3.63, 3.8) is 0 Å². The third kappa shape index (κ3) is 2.05. The van der Waals surface area contributed by atoms with E-state index < -0.39 is 0 Å². The molecule has 2 heterocycles. The molecule has 0 atom stereocenters. The molecule has 7 nitrogen and oxygen atoms in total. The van der Waals surface area contributed by atoms with Gasteiger partial charge in [-0.05, 0) is 17.7 Å². The van der Waals surface area contributed by atoms with Gasteiger partial charge in [0.2, 0.25) is 11.7 Å². The highest BCUT2D eigenvalue weighted by molar-refractivity contribution is 5.45. The zero-order chi connectivity index (χ0) is 12.4. The number of benzene rings is 1. The van der Waals surface area contributed by atoms with Crippen LogP contribution in [0.2, 0.25) is 0 Å². The molecule has 0 saturated heterocycles. The highest BCUT2D eigenvalue weighted by Crippen LogP contribution is 2.14. The number of aromatic amines is 1. The highest BCUT2D eigenvalue weighted by Gasteiger charge is 2.11. The predicted octanol–water partition coefficient (Wildman–Crippen LogP) is 1.03. The number of nitrogens with one attached hydrogen (secondary N) is 1. The van der Waals surface area contributed by atoms with Gasteiger partial charge in [0, 0.05) is 5.69 Å². The number of hydrogen-bond acceptors (Lipinski definition) is 6. The van der Waals surface area contributed by atoms with Gasteiger partial charge in [0.05, 0.1) is 12.6 Å². The second-order valence-electron chi connectivity index (χ2n) is 3.79. The molecule has 7 heteroatoms. The van der Waals surface area contributed by atoms with E-state index in [9.17, 15) is 0 Å². The van der Waals surface area contributed by atoms with Crippen molar-refractivity contribution in [1.29, 1.82) is 0 Å². The lowest BCUT2D eigenvalue weighted by Crippen LogP contribution is -1.91. The van der Waals surface area contributed by atoms with Crippen molar-refractivity contribution in [2.75, 3.05) is 5.73 Å². The minimum absolute atomic E-state index is 0.419. The van der Waals surface area contributed by atoms with E-state index in [-0.39, 0.29) is 0 Å². The van der Waals surface area contributed by atoms with E-state index in [1.54, 1.807) is 0 Å². The summed E-state index contributed by atoms with van der Waals surface area (Å²) >= 11 is 0. The third-order valence-corrected chi connectivity index (χ3v) is 2.42. The van der Waals surface area contributed by atoms with Gasteiger partial charge < -0.3 is 10.3 Å². The Morgan fingerprint density at radius 3 is 3.06 bits per heavy atom. The molecular weight excluding hydrogens is 232 g/mol. The summed E-state index contributed by atoms with van der Waals surface area (Å²) < 4.78 is 5.15. The molecule has 0 unspecified atom stereocenters. The van der Waals surface area contributed by atoms with Crippen molar-refractivity contribution in [2.24, 2.45) is 0 Å². The van der Waals surface area contributed by atoms with E-state index in [4.69, 9.17) is 10.3 Å². The van der Waals surface area contributed by atoms with Crippen LogP contribution in [-0.4, -0.2) is 25.6 Å².